The van der Waals surface area contributed by atoms with E-state index >= 15 is 0 Å². The molecule has 0 bridgehead atoms. The van der Waals surface area contributed by atoms with Gasteiger partial charge in [-0.05, 0) is 59.0 Å². The average Bonchev–Trinajstić information content (AvgIpc) is 3.34. The summed E-state index contributed by atoms with van der Waals surface area (Å²) < 4.78 is 6.88. The van der Waals surface area contributed by atoms with Crippen LogP contribution in [0.1, 0.15) is 0 Å². The van der Waals surface area contributed by atoms with Crippen LogP contribution in [0.2, 0.25) is 5.02 Å². The number of hydrogen-bond donors (Lipinski definition) is 0. The van der Waals surface area contributed by atoms with E-state index in [1.165, 1.54) is 0 Å². The van der Waals surface area contributed by atoms with Gasteiger partial charge in [-0.1, -0.05) is 29.8 Å². The van der Waals surface area contributed by atoms with E-state index in [2.05, 4.69) is 25.5 Å². The van der Waals surface area contributed by atoms with Crippen molar-refractivity contribution < 1.29 is 4.74 Å². The van der Waals surface area contributed by atoms with Crippen LogP contribution >= 0.6 is 11.6 Å². The first-order valence-electron chi connectivity index (χ1n) is 9.70. The standard InChI is InChI=1S/C23H16ClN7O/c1-32-18-10-8-17(9-11-18)31-23(28-29-30-31)19-14-26-22(20-7-2-3-12-25-20)27-21(19)15-5-4-6-16(24)13-15/h2-14H,1H3. The highest BCUT2D eigenvalue weighted by atomic mass is 35.5. The fraction of sp³-hybridized carbons (Fsp3) is 0.0435. The third-order valence-electron chi connectivity index (χ3n) is 4.81. The fourth-order valence-corrected chi connectivity index (χ4v) is 3.46. The molecule has 9 heteroatoms. The molecule has 0 saturated carbocycles. The zero-order valence-electron chi connectivity index (χ0n) is 16.9. The minimum atomic E-state index is 0.493. The smallest absolute Gasteiger partial charge is 0.190 e. The number of aromatic nitrogens is 7. The van der Waals surface area contributed by atoms with Gasteiger partial charge in [0.15, 0.2) is 11.6 Å². The number of pyridine rings is 1. The van der Waals surface area contributed by atoms with Crippen LogP contribution in [0.15, 0.2) is 79.1 Å². The minimum Gasteiger partial charge on any atom is -0.497 e. The van der Waals surface area contributed by atoms with E-state index < -0.39 is 0 Å². The lowest BCUT2D eigenvalue weighted by atomic mass is 10.1. The van der Waals surface area contributed by atoms with Gasteiger partial charge in [-0.3, -0.25) is 4.98 Å². The van der Waals surface area contributed by atoms with Gasteiger partial charge >= 0.3 is 0 Å². The minimum absolute atomic E-state index is 0.493. The summed E-state index contributed by atoms with van der Waals surface area (Å²) in [6.07, 6.45) is 3.41. The Morgan fingerprint density at radius 2 is 1.81 bits per heavy atom. The van der Waals surface area contributed by atoms with Crippen molar-refractivity contribution in [3.63, 3.8) is 0 Å². The van der Waals surface area contributed by atoms with Gasteiger partial charge in [-0.25, -0.2) is 9.97 Å². The summed E-state index contributed by atoms with van der Waals surface area (Å²) in [6.45, 7) is 0. The van der Waals surface area contributed by atoms with Crippen LogP contribution in [0, 0.1) is 0 Å². The summed E-state index contributed by atoms with van der Waals surface area (Å²) >= 11 is 6.27. The molecule has 0 N–H and O–H groups in total. The number of nitrogens with zero attached hydrogens (tertiary/aromatic N) is 7. The molecule has 5 rings (SSSR count). The Hall–Kier alpha value is -4.17. The molecule has 5 aromatic rings. The highest BCUT2D eigenvalue weighted by Crippen LogP contribution is 2.32. The molecule has 0 aliphatic carbocycles. The number of benzene rings is 2. The molecular weight excluding hydrogens is 426 g/mol. The number of tetrazole rings is 1. The molecule has 0 radical (unpaired) electrons. The lowest BCUT2D eigenvalue weighted by Gasteiger charge is -2.11. The topological polar surface area (TPSA) is 91.5 Å². The van der Waals surface area contributed by atoms with Crippen LogP contribution in [-0.2, 0) is 0 Å². The fourth-order valence-electron chi connectivity index (χ4n) is 3.27. The molecule has 8 nitrogen and oxygen atoms in total. The summed E-state index contributed by atoms with van der Waals surface area (Å²) in [5.41, 5.74) is 3.56. The van der Waals surface area contributed by atoms with Gasteiger partial charge in [0.25, 0.3) is 0 Å². The average molecular weight is 442 g/mol. The summed E-state index contributed by atoms with van der Waals surface area (Å²) in [5.74, 6) is 1.73. The van der Waals surface area contributed by atoms with Crippen molar-refractivity contribution in [3.8, 4) is 45.6 Å². The molecule has 0 amide bonds. The van der Waals surface area contributed by atoms with E-state index in [4.69, 9.17) is 21.3 Å². The van der Waals surface area contributed by atoms with Crippen molar-refractivity contribution in [2.24, 2.45) is 0 Å². The van der Waals surface area contributed by atoms with Gasteiger partial charge in [0.2, 0.25) is 0 Å². The molecule has 0 fully saturated rings. The Morgan fingerprint density at radius 1 is 0.938 bits per heavy atom. The van der Waals surface area contributed by atoms with Crippen LogP contribution < -0.4 is 4.74 Å². The zero-order chi connectivity index (χ0) is 21.9. The van der Waals surface area contributed by atoms with E-state index in [0.29, 0.717) is 33.6 Å². The summed E-state index contributed by atoms with van der Waals surface area (Å²) in [7, 11) is 1.62. The first kappa shape index (κ1) is 19.8. The molecule has 3 heterocycles. The maximum absolute atomic E-state index is 6.27. The van der Waals surface area contributed by atoms with Crippen molar-refractivity contribution in [1.29, 1.82) is 0 Å². The van der Waals surface area contributed by atoms with Crippen molar-refractivity contribution >= 4 is 11.6 Å². The predicted molar refractivity (Wildman–Crippen MR) is 120 cm³/mol. The molecule has 0 unspecified atom stereocenters. The number of hydrogen-bond acceptors (Lipinski definition) is 7. The van der Waals surface area contributed by atoms with Crippen LogP contribution in [-0.4, -0.2) is 42.3 Å². The second-order valence-electron chi connectivity index (χ2n) is 6.79. The van der Waals surface area contributed by atoms with Crippen LogP contribution in [0.3, 0.4) is 0 Å². The van der Waals surface area contributed by atoms with E-state index in [1.54, 1.807) is 24.2 Å². The first-order chi connectivity index (χ1) is 15.7. The molecule has 2 aromatic carbocycles. The quantitative estimate of drug-likeness (QED) is 0.396. The lowest BCUT2D eigenvalue weighted by molar-refractivity contribution is 0.414. The van der Waals surface area contributed by atoms with E-state index in [1.807, 2.05) is 66.7 Å². The van der Waals surface area contributed by atoms with Crippen LogP contribution in [0.4, 0.5) is 0 Å². The number of rotatable bonds is 5. The maximum Gasteiger partial charge on any atom is 0.190 e. The molecule has 3 aromatic heterocycles. The molecule has 0 atom stereocenters. The number of ether oxygens (including phenoxy) is 1. The van der Waals surface area contributed by atoms with Gasteiger partial charge < -0.3 is 4.74 Å². The van der Waals surface area contributed by atoms with E-state index in [-0.39, 0.29) is 0 Å². The number of methoxy groups -OCH3 is 1. The molecular formula is C23H16ClN7O. The van der Waals surface area contributed by atoms with Crippen molar-refractivity contribution in [1.82, 2.24) is 35.2 Å². The van der Waals surface area contributed by atoms with Crippen molar-refractivity contribution in [2.45, 2.75) is 0 Å². The Kier molecular flexibility index (Phi) is 5.27. The Labute approximate surface area is 188 Å². The van der Waals surface area contributed by atoms with E-state index in [0.717, 1.165) is 17.0 Å². The summed E-state index contributed by atoms with van der Waals surface area (Å²) in [4.78, 5) is 13.7. The van der Waals surface area contributed by atoms with Gasteiger partial charge in [-0.2, -0.15) is 4.68 Å². The third-order valence-corrected chi connectivity index (χ3v) is 5.04. The number of halogens is 1. The predicted octanol–water partition coefficient (Wildman–Crippen LogP) is 4.51. The maximum atomic E-state index is 6.27. The van der Waals surface area contributed by atoms with Gasteiger partial charge in [0.05, 0.1) is 24.1 Å². The largest absolute Gasteiger partial charge is 0.497 e. The highest BCUT2D eigenvalue weighted by molar-refractivity contribution is 6.30. The molecule has 156 valence electrons. The molecule has 0 saturated heterocycles. The molecule has 0 aliphatic heterocycles. The molecule has 0 spiro atoms. The van der Waals surface area contributed by atoms with Crippen LogP contribution in [0.5, 0.6) is 5.75 Å². The van der Waals surface area contributed by atoms with Crippen molar-refractivity contribution in [2.75, 3.05) is 7.11 Å². The van der Waals surface area contributed by atoms with Gasteiger partial charge in [0.1, 0.15) is 11.4 Å². The molecule has 0 aliphatic rings. The summed E-state index contributed by atoms with van der Waals surface area (Å²) in [5, 5.41) is 12.9. The third kappa shape index (κ3) is 3.79. The Morgan fingerprint density at radius 3 is 2.56 bits per heavy atom. The SMILES string of the molecule is COc1ccc(-n2nnnc2-c2cnc(-c3ccccn3)nc2-c2cccc(Cl)c2)cc1. The zero-order valence-corrected chi connectivity index (χ0v) is 17.7. The van der Waals surface area contributed by atoms with Gasteiger partial charge in [0, 0.05) is 23.0 Å². The lowest BCUT2D eigenvalue weighted by Crippen LogP contribution is -2.03. The van der Waals surface area contributed by atoms with Crippen molar-refractivity contribution in [3.05, 3.63) is 84.1 Å². The second-order valence-corrected chi connectivity index (χ2v) is 7.23. The highest BCUT2D eigenvalue weighted by Gasteiger charge is 2.19. The monoisotopic (exact) mass is 441 g/mol. The second kappa shape index (κ2) is 8.52. The first-order valence-corrected chi connectivity index (χ1v) is 10.1. The van der Waals surface area contributed by atoms with Crippen LogP contribution in [0.25, 0.3) is 39.9 Å². The van der Waals surface area contributed by atoms with Gasteiger partial charge in [-0.15, -0.1) is 5.10 Å². The molecule has 32 heavy (non-hydrogen) atoms. The van der Waals surface area contributed by atoms with E-state index in [9.17, 15) is 0 Å². The normalized spacial score (nSPS) is 10.8. The Balaban J connectivity index is 1.69. The Bertz CT molecular complexity index is 1370. The summed E-state index contributed by atoms with van der Waals surface area (Å²) in [6, 6.07) is 20.5.